The van der Waals surface area contributed by atoms with Crippen LogP contribution < -0.4 is 5.32 Å². The predicted molar refractivity (Wildman–Crippen MR) is 80.8 cm³/mol. The summed E-state index contributed by atoms with van der Waals surface area (Å²) >= 11 is 0. The Morgan fingerprint density at radius 3 is 2.82 bits per heavy atom. The third-order valence-corrected chi connectivity index (χ3v) is 3.48. The molecular weight excluding hydrogens is 290 g/mol. The van der Waals surface area contributed by atoms with E-state index in [1.807, 2.05) is 20.8 Å². The molecule has 4 nitrogen and oxygen atoms in total. The molecular formula is C16H22F2N2O2. The van der Waals surface area contributed by atoms with E-state index < -0.39 is 17.2 Å². The SMILES string of the molecule is CC(C)(C)OC(=O)N1CCCC1CNc1cccc(F)c1F. The zero-order chi connectivity index (χ0) is 16.3. The maximum atomic E-state index is 13.6. The van der Waals surface area contributed by atoms with Gasteiger partial charge in [-0.15, -0.1) is 0 Å². The van der Waals surface area contributed by atoms with E-state index in [1.165, 1.54) is 12.1 Å². The zero-order valence-electron chi connectivity index (χ0n) is 13.2. The molecule has 1 saturated heterocycles. The number of ether oxygens (including phenoxy) is 1. The number of benzene rings is 1. The van der Waals surface area contributed by atoms with Crippen LogP contribution in [0, 0.1) is 11.6 Å². The van der Waals surface area contributed by atoms with Gasteiger partial charge in [0.05, 0.1) is 11.7 Å². The molecule has 1 aromatic carbocycles. The van der Waals surface area contributed by atoms with E-state index in [4.69, 9.17) is 4.74 Å². The average Bonchev–Trinajstić information content (AvgIpc) is 2.87. The first-order valence-corrected chi connectivity index (χ1v) is 7.45. The van der Waals surface area contributed by atoms with Crippen molar-refractivity contribution < 1.29 is 18.3 Å². The summed E-state index contributed by atoms with van der Waals surface area (Å²) in [6, 6.07) is 3.91. The Balaban J connectivity index is 1.97. The number of nitrogens with zero attached hydrogens (tertiary/aromatic N) is 1. The summed E-state index contributed by atoms with van der Waals surface area (Å²) in [7, 11) is 0. The van der Waals surface area contributed by atoms with Crippen LogP contribution in [-0.2, 0) is 4.74 Å². The second kappa shape index (κ2) is 6.50. The van der Waals surface area contributed by atoms with Gasteiger partial charge in [0, 0.05) is 13.1 Å². The Labute approximate surface area is 129 Å². The smallest absolute Gasteiger partial charge is 0.410 e. The van der Waals surface area contributed by atoms with Crippen LogP contribution in [0.25, 0.3) is 0 Å². The number of hydrogen-bond acceptors (Lipinski definition) is 3. The first-order valence-electron chi connectivity index (χ1n) is 7.45. The topological polar surface area (TPSA) is 41.6 Å². The van der Waals surface area contributed by atoms with Crippen LogP contribution in [0.15, 0.2) is 18.2 Å². The fourth-order valence-corrected chi connectivity index (χ4v) is 2.48. The number of halogens is 2. The van der Waals surface area contributed by atoms with Crippen molar-refractivity contribution in [3.8, 4) is 0 Å². The fourth-order valence-electron chi connectivity index (χ4n) is 2.48. The molecule has 0 radical (unpaired) electrons. The van der Waals surface area contributed by atoms with Crippen LogP contribution in [0.3, 0.4) is 0 Å². The van der Waals surface area contributed by atoms with Crippen LogP contribution in [0.2, 0.25) is 0 Å². The van der Waals surface area contributed by atoms with Gasteiger partial charge in [0.15, 0.2) is 11.6 Å². The van der Waals surface area contributed by atoms with Crippen molar-refractivity contribution >= 4 is 11.8 Å². The van der Waals surface area contributed by atoms with Gasteiger partial charge in [-0.25, -0.2) is 13.6 Å². The van der Waals surface area contributed by atoms with E-state index in [2.05, 4.69) is 5.32 Å². The highest BCUT2D eigenvalue weighted by molar-refractivity contribution is 5.69. The lowest BCUT2D eigenvalue weighted by atomic mass is 10.2. The maximum absolute atomic E-state index is 13.6. The normalized spacial score (nSPS) is 18.4. The molecule has 1 N–H and O–H groups in total. The Bertz CT molecular complexity index is 543. The van der Waals surface area contributed by atoms with Gasteiger partial charge in [-0.2, -0.15) is 0 Å². The van der Waals surface area contributed by atoms with E-state index >= 15 is 0 Å². The van der Waals surface area contributed by atoms with Crippen molar-refractivity contribution in [3.05, 3.63) is 29.8 Å². The van der Waals surface area contributed by atoms with Gasteiger partial charge < -0.3 is 15.0 Å². The van der Waals surface area contributed by atoms with E-state index in [-0.39, 0.29) is 17.8 Å². The van der Waals surface area contributed by atoms with Crippen molar-refractivity contribution in [2.24, 2.45) is 0 Å². The lowest BCUT2D eigenvalue weighted by Gasteiger charge is -2.29. The van der Waals surface area contributed by atoms with Crippen molar-refractivity contribution in [2.75, 3.05) is 18.4 Å². The average molecular weight is 312 g/mol. The summed E-state index contributed by atoms with van der Waals surface area (Å²) < 4.78 is 32.2. The largest absolute Gasteiger partial charge is 0.444 e. The minimum atomic E-state index is -0.899. The van der Waals surface area contributed by atoms with Gasteiger partial charge in [0.1, 0.15) is 5.60 Å². The number of nitrogens with one attached hydrogen (secondary N) is 1. The summed E-state index contributed by atoms with van der Waals surface area (Å²) in [5, 5.41) is 2.88. The zero-order valence-corrected chi connectivity index (χ0v) is 13.2. The predicted octanol–water partition coefficient (Wildman–Crippen LogP) is 3.78. The molecule has 1 aliphatic heterocycles. The maximum Gasteiger partial charge on any atom is 0.410 e. The molecule has 1 aromatic rings. The van der Waals surface area contributed by atoms with Crippen LogP contribution in [-0.4, -0.2) is 35.7 Å². The third kappa shape index (κ3) is 4.08. The second-order valence-corrected chi connectivity index (χ2v) is 6.45. The van der Waals surface area contributed by atoms with Gasteiger partial charge >= 0.3 is 6.09 Å². The Hall–Kier alpha value is -1.85. The molecule has 1 amide bonds. The third-order valence-electron chi connectivity index (χ3n) is 3.48. The van der Waals surface area contributed by atoms with Gasteiger partial charge in [-0.05, 0) is 45.7 Å². The molecule has 22 heavy (non-hydrogen) atoms. The second-order valence-electron chi connectivity index (χ2n) is 6.45. The van der Waals surface area contributed by atoms with Gasteiger partial charge in [-0.1, -0.05) is 6.07 Å². The molecule has 0 saturated carbocycles. The summed E-state index contributed by atoms with van der Waals surface area (Å²) in [6.07, 6.45) is 1.32. The van der Waals surface area contributed by atoms with Gasteiger partial charge in [0.25, 0.3) is 0 Å². The molecule has 1 unspecified atom stereocenters. The first kappa shape index (κ1) is 16.5. The van der Waals surface area contributed by atoms with Crippen LogP contribution in [0.5, 0.6) is 0 Å². The van der Waals surface area contributed by atoms with Crippen molar-refractivity contribution in [1.29, 1.82) is 0 Å². The minimum absolute atomic E-state index is 0.0856. The summed E-state index contributed by atoms with van der Waals surface area (Å²) in [5.41, 5.74) is -0.442. The standard InChI is InChI=1S/C16H22F2N2O2/c1-16(2,3)22-15(21)20-9-5-6-11(20)10-19-13-8-4-7-12(17)14(13)18/h4,7-8,11,19H,5-6,9-10H2,1-3H3. The number of hydrogen-bond donors (Lipinski definition) is 1. The Morgan fingerprint density at radius 2 is 2.14 bits per heavy atom. The van der Waals surface area contributed by atoms with E-state index in [0.717, 1.165) is 18.9 Å². The lowest BCUT2D eigenvalue weighted by Crippen LogP contribution is -2.42. The molecule has 0 aliphatic carbocycles. The van der Waals surface area contributed by atoms with Crippen molar-refractivity contribution in [2.45, 2.75) is 45.3 Å². The Kier molecular flexibility index (Phi) is 4.88. The number of anilines is 1. The number of likely N-dealkylation sites (tertiary alicyclic amines) is 1. The van der Waals surface area contributed by atoms with Crippen molar-refractivity contribution in [3.63, 3.8) is 0 Å². The molecule has 1 heterocycles. The van der Waals surface area contributed by atoms with Gasteiger partial charge in [0.2, 0.25) is 0 Å². The quantitative estimate of drug-likeness (QED) is 0.923. The molecule has 1 atom stereocenters. The molecule has 0 bridgehead atoms. The number of amides is 1. The number of carbonyl (C=O) groups excluding carboxylic acids is 1. The van der Waals surface area contributed by atoms with Crippen LogP contribution >= 0.6 is 0 Å². The van der Waals surface area contributed by atoms with Crippen LogP contribution in [0.1, 0.15) is 33.6 Å². The molecule has 1 fully saturated rings. The highest BCUT2D eigenvalue weighted by atomic mass is 19.2. The molecule has 1 aliphatic rings. The first-order chi connectivity index (χ1) is 10.3. The summed E-state index contributed by atoms with van der Waals surface area (Å²) in [4.78, 5) is 13.8. The number of carbonyl (C=O) groups is 1. The van der Waals surface area contributed by atoms with Gasteiger partial charge in [-0.3, -0.25) is 0 Å². The minimum Gasteiger partial charge on any atom is -0.444 e. The Morgan fingerprint density at radius 1 is 1.41 bits per heavy atom. The van der Waals surface area contributed by atoms with Crippen molar-refractivity contribution in [1.82, 2.24) is 4.90 Å². The molecule has 122 valence electrons. The summed E-state index contributed by atoms with van der Waals surface area (Å²) in [6.45, 7) is 6.43. The fraction of sp³-hybridized carbons (Fsp3) is 0.562. The van der Waals surface area contributed by atoms with E-state index in [1.54, 1.807) is 4.90 Å². The molecule has 0 spiro atoms. The van der Waals surface area contributed by atoms with E-state index in [0.29, 0.717) is 13.1 Å². The highest BCUT2D eigenvalue weighted by Gasteiger charge is 2.32. The lowest BCUT2D eigenvalue weighted by molar-refractivity contribution is 0.0235. The molecule has 6 heteroatoms. The van der Waals surface area contributed by atoms with E-state index in [9.17, 15) is 13.6 Å². The summed E-state index contributed by atoms with van der Waals surface area (Å²) in [5.74, 6) is -1.79. The molecule has 0 aromatic heterocycles. The highest BCUT2D eigenvalue weighted by Crippen LogP contribution is 2.22. The monoisotopic (exact) mass is 312 g/mol. The van der Waals surface area contributed by atoms with Crippen LogP contribution in [0.4, 0.5) is 19.3 Å². The molecule has 2 rings (SSSR count). The number of rotatable bonds is 3.